The van der Waals surface area contributed by atoms with Crippen LogP contribution in [0.1, 0.15) is 24.1 Å². The standard InChI is InChI=1S/C15H14Br2N2O2/c1-9-3-4-11(7-15(9)19(20)21)10(2)18-14-6-5-12(16)8-13(14)17/h3-8,10,18H,1-2H3. The van der Waals surface area contributed by atoms with Gasteiger partial charge in [0.05, 0.1) is 4.92 Å². The molecule has 1 atom stereocenters. The summed E-state index contributed by atoms with van der Waals surface area (Å²) < 4.78 is 1.92. The van der Waals surface area contributed by atoms with E-state index in [9.17, 15) is 10.1 Å². The first kappa shape index (κ1) is 16.0. The number of hydrogen-bond acceptors (Lipinski definition) is 3. The van der Waals surface area contributed by atoms with Crippen molar-refractivity contribution in [3.05, 3.63) is 66.6 Å². The van der Waals surface area contributed by atoms with Gasteiger partial charge in [-0.2, -0.15) is 0 Å². The van der Waals surface area contributed by atoms with Crippen molar-refractivity contribution >= 4 is 43.2 Å². The molecular formula is C15H14Br2N2O2. The van der Waals surface area contributed by atoms with Crippen LogP contribution in [-0.2, 0) is 0 Å². The van der Waals surface area contributed by atoms with Gasteiger partial charge in [0.15, 0.2) is 0 Å². The van der Waals surface area contributed by atoms with Gasteiger partial charge in [0.1, 0.15) is 0 Å². The lowest BCUT2D eigenvalue weighted by Crippen LogP contribution is -2.08. The number of halogens is 2. The zero-order chi connectivity index (χ0) is 15.6. The number of nitro groups is 1. The quantitative estimate of drug-likeness (QED) is 0.524. The van der Waals surface area contributed by atoms with E-state index in [1.807, 2.05) is 31.2 Å². The highest BCUT2D eigenvalue weighted by Crippen LogP contribution is 2.30. The fourth-order valence-corrected chi connectivity index (χ4v) is 3.18. The molecule has 0 aromatic heterocycles. The molecule has 110 valence electrons. The lowest BCUT2D eigenvalue weighted by molar-refractivity contribution is -0.385. The molecule has 0 aliphatic heterocycles. The molecule has 0 fully saturated rings. The fraction of sp³-hybridized carbons (Fsp3) is 0.200. The highest BCUT2D eigenvalue weighted by atomic mass is 79.9. The van der Waals surface area contributed by atoms with Crippen LogP contribution in [0.15, 0.2) is 45.3 Å². The van der Waals surface area contributed by atoms with Crippen molar-refractivity contribution in [1.82, 2.24) is 0 Å². The number of nitrogens with zero attached hydrogens (tertiary/aromatic N) is 1. The summed E-state index contributed by atoms with van der Waals surface area (Å²) in [6.07, 6.45) is 0. The summed E-state index contributed by atoms with van der Waals surface area (Å²) >= 11 is 6.90. The van der Waals surface area contributed by atoms with Crippen molar-refractivity contribution < 1.29 is 4.92 Å². The second-order valence-electron chi connectivity index (χ2n) is 4.79. The van der Waals surface area contributed by atoms with Gasteiger partial charge in [0.25, 0.3) is 5.69 Å². The molecule has 0 heterocycles. The Hall–Kier alpha value is -1.40. The number of benzene rings is 2. The Labute approximate surface area is 140 Å². The first-order chi connectivity index (χ1) is 9.88. The molecule has 0 aliphatic rings. The van der Waals surface area contributed by atoms with Crippen LogP contribution in [-0.4, -0.2) is 4.92 Å². The second-order valence-corrected chi connectivity index (χ2v) is 6.56. The Bertz CT molecular complexity index is 689. The molecule has 0 amide bonds. The van der Waals surface area contributed by atoms with Gasteiger partial charge < -0.3 is 5.32 Å². The van der Waals surface area contributed by atoms with E-state index in [-0.39, 0.29) is 16.7 Å². The third-order valence-corrected chi connectivity index (χ3v) is 4.38. The van der Waals surface area contributed by atoms with Crippen LogP contribution in [0.25, 0.3) is 0 Å². The zero-order valence-electron chi connectivity index (χ0n) is 11.6. The van der Waals surface area contributed by atoms with Gasteiger partial charge in [-0.1, -0.05) is 28.1 Å². The number of aryl methyl sites for hydroxylation is 1. The summed E-state index contributed by atoms with van der Waals surface area (Å²) in [5, 5.41) is 14.4. The molecule has 2 aromatic carbocycles. The Morgan fingerprint density at radius 3 is 2.52 bits per heavy atom. The fourth-order valence-electron chi connectivity index (χ4n) is 2.02. The van der Waals surface area contributed by atoms with Crippen molar-refractivity contribution in [3.63, 3.8) is 0 Å². The van der Waals surface area contributed by atoms with Crippen LogP contribution in [0, 0.1) is 17.0 Å². The highest BCUT2D eigenvalue weighted by Gasteiger charge is 2.15. The number of hydrogen-bond donors (Lipinski definition) is 1. The molecule has 0 spiro atoms. The molecule has 0 bridgehead atoms. The topological polar surface area (TPSA) is 55.2 Å². The average molecular weight is 414 g/mol. The minimum Gasteiger partial charge on any atom is -0.378 e. The van der Waals surface area contributed by atoms with E-state index in [1.165, 1.54) is 0 Å². The molecule has 1 N–H and O–H groups in total. The van der Waals surface area contributed by atoms with Gasteiger partial charge in [0, 0.05) is 32.3 Å². The lowest BCUT2D eigenvalue weighted by Gasteiger charge is -2.17. The number of rotatable bonds is 4. The van der Waals surface area contributed by atoms with Crippen LogP contribution in [0.2, 0.25) is 0 Å². The monoisotopic (exact) mass is 412 g/mol. The minimum atomic E-state index is -0.346. The van der Waals surface area contributed by atoms with Crippen molar-refractivity contribution in [2.24, 2.45) is 0 Å². The van der Waals surface area contributed by atoms with Gasteiger partial charge in [0.2, 0.25) is 0 Å². The number of nitro benzene ring substituents is 1. The Kier molecular flexibility index (Phi) is 5.00. The third-order valence-electron chi connectivity index (χ3n) is 3.23. The predicted molar refractivity (Wildman–Crippen MR) is 91.7 cm³/mol. The van der Waals surface area contributed by atoms with Crippen molar-refractivity contribution in [1.29, 1.82) is 0 Å². The van der Waals surface area contributed by atoms with Gasteiger partial charge in [-0.25, -0.2) is 0 Å². The van der Waals surface area contributed by atoms with Crippen LogP contribution < -0.4 is 5.32 Å². The van der Waals surface area contributed by atoms with Crippen molar-refractivity contribution in [3.8, 4) is 0 Å². The summed E-state index contributed by atoms with van der Waals surface area (Å²) in [6.45, 7) is 3.72. The first-order valence-corrected chi connectivity index (χ1v) is 7.93. The summed E-state index contributed by atoms with van der Waals surface area (Å²) in [7, 11) is 0. The van der Waals surface area contributed by atoms with E-state index in [0.717, 1.165) is 20.2 Å². The third kappa shape index (κ3) is 3.83. The average Bonchev–Trinajstić information content (AvgIpc) is 2.42. The first-order valence-electron chi connectivity index (χ1n) is 6.35. The maximum absolute atomic E-state index is 11.0. The van der Waals surface area contributed by atoms with E-state index in [4.69, 9.17) is 0 Å². The SMILES string of the molecule is Cc1ccc(C(C)Nc2ccc(Br)cc2Br)cc1[N+](=O)[O-]. The molecule has 0 saturated carbocycles. The molecule has 6 heteroatoms. The summed E-state index contributed by atoms with van der Waals surface area (Å²) in [5.74, 6) is 0. The zero-order valence-corrected chi connectivity index (χ0v) is 14.7. The maximum Gasteiger partial charge on any atom is 0.272 e. The molecule has 0 saturated heterocycles. The van der Waals surface area contributed by atoms with Crippen LogP contribution in [0.4, 0.5) is 11.4 Å². The van der Waals surface area contributed by atoms with E-state index in [1.54, 1.807) is 19.1 Å². The van der Waals surface area contributed by atoms with Crippen molar-refractivity contribution in [2.75, 3.05) is 5.32 Å². The molecular weight excluding hydrogens is 400 g/mol. The van der Waals surface area contributed by atoms with Crippen LogP contribution >= 0.6 is 31.9 Å². The molecule has 2 rings (SSSR count). The van der Waals surface area contributed by atoms with Gasteiger partial charge in [-0.3, -0.25) is 10.1 Å². The Morgan fingerprint density at radius 1 is 1.19 bits per heavy atom. The highest BCUT2D eigenvalue weighted by molar-refractivity contribution is 9.11. The summed E-state index contributed by atoms with van der Waals surface area (Å²) in [6, 6.07) is 11.1. The van der Waals surface area contributed by atoms with Gasteiger partial charge in [-0.15, -0.1) is 0 Å². The van der Waals surface area contributed by atoms with Crippen LogP contribution in [0.5, 0.6) is 0 Å². The summed E-state index contributed by atoms with van der Waals surface area (Å²) in [4.78, 5) is 10.7. The van der Waals surface area contributed by atoms with Crippen molar-refractivity contribution in [2.45, 2.75) is 19.9 Å². The van der Waals surface area contributed by atoms with E-state index in [0.29, 0.717) is 5.56 Å². The predicted octanol–water partition coefficient (Wildman–Crippen LogP) is 5.60. The maximum atomic E-state index is 11.0. The molecule has 0 aliphatic carbocycles. The normalized spacial score (nSPS) is 12.0. The Morgan fingerprint density at radius 2 is 1.90 bits per heavy atom. The van der Waals surface area contributed by atoms with Gasteiger partial charge >= 0.3 is 0 Å². The minimum absolute atomic E-state index is 0.0400. The molecule has 0 radical (unpaired) electrons. The van der Waals surface area contributed by atoms with Gasteiger partial charge in [-0.05, 0) is 53.5 Å². The van der Waals surface area contributed by atoms with Crippen LogP contribution in [0.3, 0.4) is 0 Å². The molecule has 21 heavy (non-hydrogen) atoms. The van der Waals surface area contributed by atoms with E-state index < -0.39 is 0 Å². The second kappa shape index (κ2) is 6.58. The Balaban J connectivity index is 2.26. The van der Waals surface area contributed by atoms with E-state index in [2.05, 4.69) is 37.2 Å². The number of anilines is 1. The lowest BCUT2D eigenvalue weighted by atomic mass is 10.0. The molecule has 2 aromatic rings. The molecule has 1 unspecified atom stereocenters. The summed E-state index contributed by atoms with van der Waals surface area (Å²) in [5.41, 5.74) is 2.63. The molecule has 4 nitrogen and oxygen atoms in total. The number of nitrogens with one attached hydrogen (secondary N) is 1. The van der Waals surface area contributed by atoms with E-state index >= 15 is 0 Å². The largest absolute Gasteiger partial charge is 0.378 e. The smallest absolute Gasteiger partial charge is 0.272 e.